The van der Waals surface area contributed by atoms with Gasteiger partial charge >= 0.3 is 12.2 Å². The van der Waals surface area contributed by atoms with Crippen molar-refractivity contribution < 1.29 is 43.0 Å². The first-order valence-electron chi connectivity index (χ1n) is 8.29. The smallest absolute Gasteiger partial charge is 0.462 e. The first-order valence-corrected chi connectivity index (χ1v) is 9.34. The van der Waals surface area contributed by atoms with Gasteiger partial charge in [0.25, 0.3) is 11.8 Å². The number of fused-ring (bicyclic) bond motifs is 1. The van der Waals surface area contributed by atoms with E-state index < -0.39 is 35.5 Å². The third-order valence-electron chi connectivity index (χ3n) is 4.00. The van der Waals surface area contributed by atoms with E-state index in [1.165, 1.54) is 31.2 Å². The molecule has 0 aromatic carbocycles. The molecule has 2 atom stereocenters. The number of rotatable bonds is 7. The topological polar surface area (TPSA) is 183 Å². The minimum atomic E-state index is -1.65. The Bertz CT molecular complexity index is 927. The molecule has 0 aliphatic carbocycles. The molecule has 0 saturated carbocycles. The molecule has 3 rings (SSSR count). The lowest BCUT2D eigenvalue weighted by molar-refractivity contribution is -0.148. The lowest BCUT2D eigenvalue weighted by atomic mass is 10.1. The van der Waals surface area contributed by atoms with Crippen molar-refractivity contribution in [3.05, 3.63) is 35.6 Å². The van der Waals surface area contributed by atoms with Gasteiger partial charge in [-0.05, 0) is 12.1 Å². The van der Waals surface area contributed by atoms with Crippen molar-refractivity contribution in [1.82, 2.24) is 10.2 Å². The molecule has 14 heteroatoms. The molecule has 30 heavy (non-hydrogen) atoms. The molecule has 1 aromatic rings. The van der Waals surface area contributed by atoms with Crippen LogP contribution in [0.15, 0.2) is 39.4 Å². The van der Waals surface area contributed by atoms with E-state index in [1.807, 2.05) is 0 Å². The lowest BCUT2D eigenvalue weighted by Crippen LogP contribution is -2.70. The number of β-lactam (4-membered cyclic amide) rings is 1. The SMILES string of the molecule is CO/N=C(\C(=O)N[C@@H]1C(=O)N2C(OC(=O)O)=C(COC(N)=O)CS[C@H]12)c1ccco1. The number of oxime groups is 1. The maximum absolute atomic E-state index is 12.6. The van der Waals surface area contributed by atoms with Crippen LogP contribution in [0.5, 0.6) is 0 Å². The van der Waals surface area contributed by atoms with Crippen LogP contribution >= 0.6 is 11.8 Å². The molecular weight excluding hydrogens is 424 g/mol. The molecule has 0 bridgehead atoms. The van der Waals surface area contributed by atoms with Crippen LogP contribution < -0.4 is 11.1 Å². The average Bonchev–Trinajstić information content (AvgIpc) is 3.22. The maximum Gasteiger partial charge on any atom is 0.512 e. The summed E-state index contributed by atoms with van der Waals surface area (Å²) in [6.07, 6.45) is -1.37. The van der Waals surface area contributed by atoms with E-state index in [4.69, 9.17) is 20.0 Å². The third-order valence-corrected chi connectivity index (χ3v) is 5.34. The second kappa shape index (κ2) is 8.77. The molecule has 2 aliphatic heterocycles. The van der Waals surface area contributed by atoms with Gasteiger partial charge in [0, 0.05) is 11.3 Å². The molecular formula is C16H16N4O9S. The Morgan fingerprint density at radius 3 is 2.83 bits per heavy atom. The van der Waals surface area contributed by atoms with Crippen LogP contribution in [-0.2, 0) is 23.9 Å². The molecule has 0 radical (unpaired) electrons. The normalized spacial score (nSPS) is 20.8. The number of nitrogens with one attached hydrogen (secondary N) is 1. The van der Waals surface area contributed by atoms with Gasteiger partial charge in [-0.25, -0.2) is 9.59 Å². The number of hydrogen-bond donors (Lipinski definition) is 3. The predicted molar refractivity (Wildman–Crippen MR) is 98.9 cm³/mol. The number of carbonyl (C=O) groups is 4. The molecule has 0 unspecified atom stereocenters. The van der Waals surface area contributed by atoms with E-state index in [-0.39, 0.29) is 35.3 Å². The number of nitrogens with two attached hydrogens (primary N) is 1. The summed E-state index contributed by atoms with van der Waals surface area (Å²) in [6.45, 7) is -0.346. The van der Waals surface area contributed by atoms with Gasteiger partial charge in [0.15, 0.2) is 5.76 Å². The summed E-state index contributed by atoms with van der Waals surface area (Å²) in [5.74, 6) is -1.31. The molecule has 1 fully saturated rings. The summed E-state index contributed by atoms with van der Waals surface area (Å²) < 4.78 is 14.5. The number of carboxylic acid groups (broad SMARTS) is 1. The average molecular weight is 440 g/mol. The fraction of sp³-hybridized carbons (Fsp3) is 0.312. The Labute approximate surface area is 172 Å². The van der Waals surface area contributed by atoms with Crippen molar-refractivity contribution in [2.24, 2.45) is 10.9 Å². The standard InChI is InChI=1S/C16H16N4O9S/c1-26-19-9(8-3-2-4-27-8)11(21)18-10-12(22)20-13(29-16(24)25)7(5-28-15(17)23)6-30-14(10)20/h2-4,10,14H,5-6H2,1H3,(H2,17,23)(H,18,21)(H,24,25)/b19-9-/t10-,14-/m1/s1. The number of amides is 3. The Balaban J connectivity index is 1.77. The molecule has 1 saturated heterocycles. The zero-order valence-corrected chi connectivity index (χ0v) is 16.2. The highest BCUT2D eigenvalue weighted by atomic mass is 32.2. The summed E-state index contributed by atoms with van der Waals surface area (Å²) >= 11 is 1.21. The fourth-order valence-corrected chi connectivity index (χ4v) is 4.08. The molecule has 160 valence electrons. The first-order chi connectivity index (χ1) is 14.3. The Morgan fingerprint density at radius 1 is 1.47 bits per heavy atom. The maximum atomic E-state index is 12.6. The predicted octanol–water partition coefficient (Wildman–Crippen LogP) is 0.0315. The molecule has 3 amide bonds. The largest absolute Gasteiger partial charge is 0.512 e. The lowest BCUT2D eigenvalue weighted by Gasteiger charge is -2.49. The van der Waals surface area contributed by atoms with Crippen molar-refractivity contribution in [3.63, 3.8) is 0 Å². The Hall–Kier alpha value is -3.68. The zero-order chi connectivity index (χ0) is 21.8. The van der Waals surface area contributed by atoms with E-state index in [1.54, 1.807) is 6.07 Å². The number of ether oxygens (including phenoxy) is 2. The van der Waals surface area contributed by atoms with E-state index in [0.29, 0.717) is 0 Å². The molecule has 0 spiro atoms. The summed E-state index contributed by atoms with van der Waals surface area (Å²) in [6, 6.07) is 2.07. The van der Waals surface area contributed by atoms with Crippen molar-refractivity contribution >= 4 is 41.5 Å². The van der Waals surface area contributed by atoms with Gasteiger partial charge in [0.2, 0.25) is 11.6 Å². The van der Waals surface area contributed by atoms with Gasteiger partial charge in [-0.2, -0.15) is 0 Å². The second-order valence-corrected chi connectivity index (χ2v) is 6.95. The Kier molecular flexibility index (Phi) is 6.15. The van der Waals surface area contributed by atoms with Crippen LogP contribution in [0.4, 0.5) is 9.59 Å². The van der Waals surface area contributed by atoms with Crippen molar-refractivity contribution in [3.8, 4) is 0 Å². The minimum absolute atomic E-state index is 0.134. The van der Waals surface area contributed by atoms with Crippen LogP contribution in [0, 0.1) is 0 Å². The summed E-state index contributed by atoms with van der Waals surface area (Å²) in [4.78, 5) is 52.8. The van der Waals surface area contributed by atoms with Crippen molar-refractivity contribution in [2.45, 2.75) is 11.4 Å². The van der Waals surface area contributed by atoms with Gasteiger partial charge in [0.05, 0.1) is 6.26 Å². The van der Waals surface area contributed by atoms with Crippen molar-refractivity contribution in [1.29, 1.82) is 0 Å². The number of hydrogen-bond acceptors (Lipinski definition) is 10. The van der Waals surface area contributed by atoms with Gasteiger partial charge in [0.1, 0.15) is 25.1 Å². The molecule has 13 nitrogen and oxygen atoms in total. The number of primary amides is 1. The number of nitrogens with zero attached hydrogens (tertiary/aromatic N) is 2. The van der Waals surface area contributed by atoms with E-state index >= 15 is 0 Å². The van der Waals surface area contributed by atoms with E-state index in [9.17, 15) is 19.2 Å². The van der Waals surface area contributed by atoms with Gasteiger partial charge in [-0.3, -0.25) is 14.5 Å². The molecule has 3 heterocycles. The Morgan fingerprint density at radius 2 is 2.23 bits per heavy atom. The third kappa shape index (κ3) is 4.17. The highest BCUT2D eigenvalue weighted by Crippen LogP contribution is 2.40. The van der Waals surface area contributed by atoms with Gasteiger partial charge < -0.3 is 34.9 Å². The first kappa shape index (κ1) is 21.0. The number of furan rings is 1. The monoisotopic (exact) mass is 440 g/mol. The summed E-state index contributed by atoms with van der Waals surface area (Å²) in [5, 5.41) is 14.5. The summed E-state index contributed by atoms with van der Waals surface area (Å²) in [7, 11) is 1.25. The van der Waals surface area contributed by atoms with Crippen LogP contribution in [0.2, 0.25) is 0 Å². The zero-order valence-electron chi connectivity index (χ0n) is 15.4. The highest BCUT2D eigenvalue weighted by Gasteiger charge is 2.54. The minimum Gasteiger partial charge on any atom is -0.462 e. The molecule has 4 N–H and O–H groups in total. The van der Waals surface area contributed by atoms with Crippen molar-refractivity contribution in [2.75, 3.05) is 19.5 Å². The van der Waals surface area contributed by atoms with Crippen LogP contribution in [-0.4, -0.2) is 70.7 Å². The quantitative estimate of drug-likeness (QED) is 0.226. The van der Waals surface area contributed by atoms with Crippen LogP contribution in [0.3, 0.4) is 0 Å². The number of thioether (sulfide) groups is 1. The van der Waals surface area contributed by atoms with Crippen LogP contribution in [0.1, 0.15) is 5.76 Å². The van der Waals surface area contributed by atoms with E-state index in [2.05, 4.69) is 20.0 Å². The number of carbonyl (C=O) groups excluding carboxylic acids is 3. The summed E-state index contributed by atoms with van der Waals surface area (Å²) in [5.41, 5.74) is 4.99. The fourth-order valence-electron chi connectivity index (χ4n) is 2.78. The van der Waals surface area contributed by atoms with Gasteiger partial charge in [-0.15, -0.1) is 11.8 Å². The van der Waals surface area contributed by atoms with E-state index in [0.717, 1.165) is 4.90 Å². The van der Waals surface area contributed by atoms with Gasteiger partial charge in [-0.1, -0.05) is 5.16 Å². The second-order valence-electron chi connectivity index (χ2n) is 5.85. The molecule has 1 aromatic heterocycles. The highest BCUT2D eigenvalue weighted by molar-refractivity contribution is 8.00. The van der Waals surface area contributed by atoms with Crippen LogP contribution in [0.25, 0.3) is 0 Å². The molecule has 2 aliphatic rings.